The van der Waals surface area contributed by atoms with Crippen molar-refractivity contribution < 1.29 is 0 Å². The van der Waals surface area contributed by atoms with E-state index >= 15 is 0 Å². The fraction of sp³-hybridized carbons (Fsp3) is 0.174. The molecular formula is C23H22N6. The maximum Gasteiger partial charge on any atom is 0.145 e. The van der Waals surface area contributed by atoms with Gasteiger partial charge in [0, 0.05) is 30.4 Å². The summed E-state index contributed by atoms with van der Waals surface area (Å²) in [5.41, 5.74) is 13.9. The van der Waals surface area contributed by atoms with Gasteiger partial charge in [-0.15, -0.1) is 0 Å². The van der Waals surface area contributed by atoms with Crippen LogP contribution >= 0.6 is 0 Å². The van der Waals surface area contributed by atoms with Gasteiger partial charge in [-0.05, 0) is 37.1 Å². The van der Waals surface area contributed by atoms with E-state index in [9.17, 15) is 0 Å². The predicted molar refractivity (Wildman–Crippen MR) is 117 cm³/mol. The number of nitrogens with zero attached hydrogens (tertiary/aromatic N) is 5. The normalized spacial score (nSPS) is 11.6. The average Bonchev–Trinajstić information content (AvgIpc) is 3.21. The lowest BCUT2D eigenvalue weighted by molar-refractivity contribution is 0.695. The minimum atomic E-state index is 0.496. The molecule has 0 saturated heterocycles. The molecule has 0 atom stereocenters. The van der Waals surface area contributed by atoms with Crippen molar-refractivity contribution in [2.45, 2.75) is 20.4 Å². The van der Waals surface area contributed by atoms with Gasteiger partial charge < -0.3 is 10.3 Å². The molecule has 0 aliphatic rings. The standard InChI is InChI=1S/C23H22N6/c1-14-6-15(2)8-16(7-14)10-29-11-18-9-17(4-5-20(18)27-29)19-12-28(3)23-21(19)22(24)25-13-26-23/h4-9,11-13H,10H2,1-3H3,(H2,24,25,26). The SMILES string of the molecule is Cc1cc(C)cc(Cn2cc3cc(-c4cn(C)c5ncnc(N)c45)ccc3n2)c1. The quantitative estimate of drug-likeness (QED) is 0.507. The van der Waals surface area contributed by atoms with E-state index < -0.39 is 0 Å². The van der Waals surface area contributed by atoms with Crippen LogP contribution in [0.1, 0.15) is 16.7 Å². The van der Waals surface area contributed by atoms with Crippen LogP contribution in [0.2, 0.25) is 0 Å². The second-order valence-corrected chi connectivity index (χ2v) is 7.71. The fourth-order valence-electron chi connectivity index (χ4n) is 4.13. The van der Waals surface area contributed by atoms with E-state index in [2.05, 4.69) is 72.6 Å². The third-order valence-electron chi connectivity index (χ3n) is 5.27. The van der Waals surface area contributed by atoms with E-state index in [1.54, 1.807) is 0 Å². The van der Waals surface area contributed by atoms with E-state index in [1.807, 2.05) is 16.3 Å². The van der Waals surface area contributed by atoms with Crippen LogP contribution in [0.5, 0.6) is 0 Å². The highest BCUT2D eigenvalue weighted by Gasteiger charge is 2.14. The third kappa shape index (κ3) is 3.02. The lowest BCUT2D eigenvalue weighted by Gasteiger charge is -2.05. The van der Waals surface area contributed by atoms with Crippen molar-refractivity contribution in [2.75, 3.05) is 5.73 Å². The molecular weight excluding hydrogens is 360 g/mol. The first-order valence-corrected chi connectivity index (χ1v) is 9.58. The van der Waals surface area contributed by atoms with E-state index in [-0.39, 0.29) is 0 Å². The number of benzene rings is 2. The predicted octanol–water partition coefficient (Wildman–Crippen LogP) is 4.23. The van der Waals surface area contributed by atoms with Gasteiger partial charge >= 0.3 is 0 Å². The Balaban J connectivity index is 1.57. The first-order valence-electron chi connectivity index (χ1n) is 9.58. The number of aryl methyl sites for hydroxylation is 3. The molecule has 2 aromatic carbocycles. The van der Waals surface area contributed by atoms with Crippen molar-refractivity contribution in [3.05, 3.63) is 71.8 Å². The molecule has 6 heteroatoms. The van der Waals surface area contributed by atoms with Gasteiger partial charge in [0.15, 0.2) is 0 Å². The van der Waals surface area contributed by atoms with E-state index in [0.29, 0.717) is 5.82 Å². The Morgan fingerprint density at radius 1 is 0.966 bits per heavy atom. The van der Waals surface area contributed by atoms with Crippen molar-refractivity contribution >= 4 is 27.8 Å². The van der Waals surface area contributed by atoms with Crippen molar-refractivity contribution in [2.24, 2.45) is 7.05 Å². The zero-order valence-corrected chi connectivity index (χ0v) is 16.7. The zero-order valence-electron chi connectivity index (χ0n) is 16.7. The molecule has 144 valence electrons. The van der Waals surface area contributed by atoms with Crippen LogP contribution < -0.4 is 5.73 Å². The summed E-state index contributed by atoms with van der Waals surface area (Å²) in [4.78, 5) is 8.54. The lowest BCUT2D eigenvalue weighted by Crippen LogP contribution is -2.00. The molecule has 29 heavy (non-hydrogen) atoms. The first-order chi connectivity index (χ1) is 14.0. The van der Waals surface area contributed by atoms with Crippen LogP contribution in [0.4, 0.5) is 5.82 Å². The largest absolute Gasteiger partial charge is 0.383 e. The Labute approximate surface area is 168 Å². The summed E-state index contributed by atoms with van der Waals surface area (Å²) in [6.45, 7) is 5.01. The van der Waals surface area contributed by atoms with E-state index in [0.717, 1.165) is 39.6 Å². The minimum Gasteiger partial charge on any atom is -0.383 e. The summed E-state index contributed by atoms with van der Waals surface area (Å²) in [6, 6.07) is 12.9. The topological polar surface area (TPSA) is 74.5 Å². The number of hydrogen-bond acceptors (Lipinski definition) is 4. The summed E-state index contributed by atoms with van der Waals surface area (Å²) in [5.74, 6) is 0.496. The summed E-state index contributed by atoms with van der Waals surface area (Å²) in [7, 11) is 1.97. The molecule has 0 radical (unpaired) electrons. The molecule has 5 aromatic rings. The Morgan fingerprint density at radius 3 is 2.55 bits per heavy atom. The molecule has 5 rings (SSSR count). The van der Waals surface area contributed by atoms with E-state index in [4.69, 9.17) is 10.8 Å². The number of anilines is 1. The van der Waals surface area contributed by atoms with Gasteiger partial charge in [0.2, 0.25) is 0 Å². The Morgan fingerprint density at radius 2 is 1.76 bits per heavy atom. The fourth-order valence-corrected chi connectivity index (χ4v) is 4.13. The van der Waals surface area contributed by atoms with Gasteiger partial charge in [-0.25, -0.2) is 9.97 Å². The van der Waals surface area contributed by atoms with Crippen LogP contribution in [0.15, 0.2) is 55.1 Å². The number of nitrogens with two attached hydrogens (primary N) is 1. The molecule has 2 N–H and O–H groups in total. The smallest absolute Gasteiger partial charge is 0.145 e. The second-order valence-electron chi connectivity index (χ2n) is 7.71. The number of fused-ring (bicyclic) bond motifs is 2. The number of hydrogen-bond donors (Lipinski definition) is 1. The molecule has 3 heterocycles. The number of nitrogen functional groups attached to an aromatic ring is 1. The van der Waals surface area contributed by atoms with Gasteiger partial charge in [-0.2, -0.15) is 5.10 Å². The molecule has 0 spiro atoms. The molecule has 0 bridgehead atoms. The number of rotatable bonds is 3. The Bertz CT molecular complexity index is 1360. The zero-order chi connectivity index (χ0) is 20.1. The van der Waals surface area contributed by atoms with Crippen LogP contribution in [0.3, 0.4) is 0 Å². The second kappa shape index (κ2) is 6.44. The maximum atomic E-state index is 6.15. The van der Waals surface area contributed by atoms with Gasteiger partial charge in [-0.3, -0.25) is 4.68 Å². The molecule has 3 aromatic heterocycles. The monoisotopic (exact) mass is 382 g/mol. The van der Waals surface area contributed by atoms with Gasteiger partial charge in [0.1, 0.15) is 17.8 Å². The molecule has 0 fully saturated rings. The van der Waals surface area contributed by atoms with Crippen LogP contribution in [0.25, 0.3) is 33.1 Å². The Hall–Kier alpha value is -3.67. The van der Waals surface area contributed by atoms with Crippen LogP contribution in [0, 0.1) is 13.8 Å². The Kier molecular flexibility index (Phi) is 3.87. The molecule has 0 unspecified atom stereocenters. The van der Waals surface area contributed by atoms with E-state index in [1.165, 1.54) is 23.0 Å². The van der Waals surface area contributed by atoms with Crippen molar-refractivity contribution in [3.63, 3.8) is 0 Å². The summed E-state index contributed by atoms with van der Waals surface area (Å²) >= 11 is 0. The third-order valence-corrected chi connectivity index (χ3v) is 5.27. The molecule has 0 saturated carbocycles. The summed E-state index contributed by atoms with van der Waals surface area (Å²) in [5, 5.41) is 6.73. The van der Waals surface area contributed by atoms with Gasteiger partial charge in [-0.1, -0.05) is 35.4 Å². The van der Waals surface area contributed by atoms with Crippen LogP contribution in [-0.2, 0) is 13.6 Å². The highest BCUT2D eigenvalue weighted by Crippen LogP contribution is 2.33. The molecule has 0 aliphatic heterocycles. The highest BCUT2D eigenvalue weighted by molar-refractivity contribution is 6.01. The molecule has 0 aliphatic carbocycles. The maximum absolute atomic E-state index is 6.15. The number of aromatic nitrogens is 5. The van der Waals surface area contributed by atoms with Crippen molar-refractivity contribution in [3.8, 4) is 11.1 Å². The average molecular weight is 382 g/mol. The minimum absolute atomic E-state index is 0.496. The molecule has 0 amide bonds. The lowest BCUT2D eigenvalue weighted by atomic mass is 10.0. The van der Waals surface area contributed by atoms with Crippen molar-refractivity contribution in [1.29, 1.82) is 0 Å². The van der Waals surface area contributed by atoms with Crippen molar-refractivity contribution in [1.82, 2.24) is 24.3 Å². The molecule has 6 nitrogen and oxygen atoms in total. The highest BCUT2D eigenvalue weighted by atomic mass is 15.3. The summed E-state index contributed by atoms with van der Waals surface area (Å²) < 4.78 is 3.99. The van der Waals surface area contributed by atoms with Gasteiger partial charge in [0.25, 0.3) is 0 Å². The summed E-state index contributed by atoms with van der Waals surface area (Å²) in [6.07, 6.45) is 5.65. The van der Waals surface area contributed by atoms with Crippen LogP contribution in [-0.4, -0.2) is 24.3 Å². The van der Waals surface area contributed by atoms with Gasteiger partial charge in [0.05, 0.1) is 17.4 Å². The first kappa shape index (κ1) is 17.4.